The molecule has 0 bridgehead atoms. The lowest BCUT2D eigenvalue weighted by molar-refractivity contribution is -0.376. The number of carbonyl (C=O) groups excluding carboxylic acids is 3. The Hall–Kier alpha value is -2.48. The number of rotatable bonds is 16. The Labute approximate surface area is 260 Å². The van der Waals surface area contributed by atoms with Gasteiger partial charge in [0, 0.05) is 20.3 Å². The standard InChI is InChI=1S/C25H42N2O19/c1-8(32)26-10(4-28)16(37)20(13(36)6-30)44-23-19(40)22(18(39)14(7-31)43-23)46-25(24(41)42)3-11(34)15(27-9(2)33)21(45-25)17(38)12(35)5-29/h4,10-23,29-31,34-40H,3,5-7H2,1-2H3,(H,26,32)(H,27,33)(H,41,42)/t10-,11+,12+,13-,14+,15-,16+,17+,18+,19+,20+,21-,22-,23-,25+/m1/s1. The fourth-order valence-electron chi connectivity index (χ4n) is 5.07. The number of ether oxygens (including phenoxy) is 4. The number of carbonyl (C=O) groups is 4. The number of nitrogens with one attached hydrogen (secondary N) is 2. The van der Waals surface area contributed by atoms with Crippen LogP contribution in [0.1, 0.15) is 20.3 Å². The van der Waals surface area contributed by atoms with E-state index < -0.39 is 135 Å². The topological polar surface area (TPSA) is 352 Å². The van der Waals surface area contributed by atoms with Gasteiger partial charge in [-0.25, -0.2) is 4.79 Å². The van der Waals surface area contributed by atoms with Crippen LogP contribution in [0.2, 0.25) is 0 Å². The monoisotopic (exact) mass is 674 g/mol. The molecule has 46 heavy (non-hydrogen) atoms. The van der Waals surface area contributed by atoms with Crippen LogP contribution in [0.15, 0.2) is 0 Å². The highest BCUT2D eigenvalue weighted by molar-refractivity contribution is 5.77. The van der Waals surface area contributed by atoms with Crippen molar-refractivity contribution in [2.75, 3.05) is 19.8 Å². The summed E-state index contributed by atoms with van der Waals surface area (Å²) in [6.45, 7) is -1.19. The molecule has 2 amide bonds. The van der Waals surface area contributed by atoms with Crippen molar-refractivity contribution < 1.29 is 94.3 Å². The molecule has 13 N–H and O–H groups in total. The van der Waals surface area contributed by atoms with Crippen molar-refractivity contribution in [1.82, 2.24) is 10.6 Å². The highest BCUT2D eigenvalue weighted by atomic mass is 16.8. The molecule has 0 spiro atoms. The third-order valence-electron chi connectivity index (χ3n) is 7.41. The number of aliphatic hydroxyl groups excluding tert-OH is 10. The van der Waals surface area contributed by atoms with Gasteiger partial charge in [0.25, 0.3) is 5.79 Å². The minimum Gasteiger partial charge on any atom is -0.477 e. The Morgan fingerprint density at radius 2 is 1.59 bits per heavy atom. The van der Waals surface area contributed by atoms with E-state index in [0.717, 1.165) is 13.8 Å². The molecule has 2 rings (SSSR count). The normalized spacial score (nSPS) is 35.6. The van der Waals surface area contributed by atoms with Crippen LogP contribution in [-0.4, -0.2) is 191 Å². The molecule has 0 aromatic carbocycles. The predicted octanol–water partition coefficient (Wildman–Crippen LogP) is -8.24. The molecular weight excluding hydrogens is 632 g/mol. The molecule has 2 aliphatic heterocycles. The molecule has 2 saturated heterocycles. The number of carboxylic acids is 1. The summed E-state index contributed by atoms with van der Waals surface area (Å²) in [7, 11) is 0. The summed E-state index contributed by atoms with van der Waals surface area (Å²) >= 11 is 0. The molecule has 0 radical (unpaired) electrons. The summed E-state index contributed by atoms with van der Waals surface area (Å²) in [6, 6.07) is -3.30. The first-order chi connectivity index (χ1) is 21.5. The molecule has 266 valence electrons. The zero-order valence-corrected chi connectivity index (χ0v) is 24.7. The van der Waals surface area contributed by atoms with Crippen LogP contribution in [0, 0.1) is 0 Å². The fraction of sp³-hybridized carbons (Fsp3) is 0.840. The number of hydrogen-bond acceptors (Lipinski definition) is 18. The molecule has 15 atom stereocenters. The van der Waals surface area contributed by atoms with E-state index in [1.165, 1.54) is 0 Å². The number of hydrogen-bond donors (Lipinski definition) is 13. The summed E-state index contributed by atoms with van der Waals surface area (Å²) in [4.78, 5) is 47.3. The van der Waals surface area contributed by atoms with E-state index >= 15 is 0 Å². The maximum absolute atomic E-state index is 12.6. The van der Waals surface area contributed by atoms with Gasteiger partial charge < -0.3 is 90.5 Å². The van der Waals surface area contributed by atoms with Gasteiger partial charge in [-0.15, -0.1) is 0 Å². The molecule has 0 aromatic rings. The highest BCUT2D eigenvalue weighted by Gasteiger charge is 2.59. The molecule has 21 nitrogen and oxygen atoms in total. The summed E-state index contributed by atoms with van der Waals surface area (Å²) in [5, 5.41) is 118. The Morgan fingerprint density at radius 1 is 0.978 bits per heavy atom. The van der Waals surface area contributed by atoms with Crippen LogP contribution in [0.4, 0.5) is 0 Å². The van der Waals surface area contributed by atoms with Crippen molar-refractivity contribution >= 4 is 24.1 Å². The third-order valence-corrected chi connectivity index (χ3v) is 7.41. The van der Waals surface area contributed by atoms with Gasteiger partial charge in [0.05, 0.1) is 32.0 Å². The van der Waals surface area contributed by atoms with Gasteiger partial charge in [0.2, 0.25) is 11.8 Å². The first-order valence-electron chi connectivity index (χ1n) is 14.0. The van der Waals surface area contributed by atoms with Gasteiger partial charge in [0.1, 0.15) is 73.4 Å². The first kappa shape index (κ1) is 39.7. The second-order valence-corrected chi connectivity index (χ2v) is 10.9. The Bertz CT molecular complexity index is 1040. The zero-order valence-electron chi connectivity index (χ0n) is 24.7. The summed E-state index contributed by atoms with van der Waals surface area (Å²) in [5.74, 6) is -6.66. The van der Waals surface area contributed by atoms with Crippen LogP contribution in [0.25, 0.3) is 0 Å². The lowest BCUT2D eigenvalue weighted by atomic mass is 9.88. The van der Waals surface area contributed by atoms with Crippen molar-refractivity contribution in [2.24, 2.45) is 0 Å². The van der Waals surface area contributed by atoms with E-state index in [1.54, 1.807) is 0 Å². The van der Waals surface area contributed by atoms with E-state index in [-0.39, 0.29) is 6.29 Å². The molecule has 2 fully saturated rings. The van der Waals surface area contributed by atoms with Crippen LogP contribution in [0.3, 0.4) is 0 Å². The summed E-state index contributed by atoms with van der Waals surface area (Å²) < 4.78 is 21.8. The minimum atomic E-state index is -3.08. The van der Waals surface area contributed by atoms with E-state index in [4.69, 9.17) is 18.9 Å². The zero-order chi connectivity index (χ0) is 35.1. The average Bonchev–Trinajstić information content (AvgIpc) is 3.00. The van der Waals surface area contributed by atoms with Gasteiger partial charge in [0.15, 0.2) is 6.29 Å². The van der Waals surface area contributed by atoms with Gasteiger partial charge in [-0.05, 0) is 0 Å². The predicted molar refractivity (Wildman–Crippen MR) is 143 cm³/mol. The number of carboxylic acid groups (broad SMARTS) is 1. The molecule has 0 unspecified atom stereocenters. The van der Waals surface area contributed by atoms with Gasteiger partial charge >= 0.3 is 5.97 Å². The average molecular weight is 675 g/mol. The number of aliphatic carboxylic acids is 1. The number of amides is 2. The Kier molecular flexibility index (Phi) is 14.7. The van der Waals surface area contributed by atoms with E-state index in [9.17, 15) is 75.3 Å². The second-order valence-electron chi connectivity index (χ2n) is 10.9. The van der Waals surface area contributed by atoms with Crippen LogP contribution in [-0.2, 0) is 38.1 Å². The Balaban J connectivity index is 2.51. The summed E-state index contributed by atoms with van der Waals surface area (Å²) in [5.41, 5.74) is 0. The van der Waals surface area contributed by atoms with Crippen molar-refractivity contribution in [3.05, 3.63) is 0 Å². The quantitative estimate of drug-likeness (QED) is 0.0676. The molecular formula is C25H42N2O19. The second kappa shape index (κ2) is 17.1. The van der Waals surface area contributed by atoms with Crippen molar-refractivity contribution in [3.63, 3.8) is 0 Å². The first-order valence-corrected chi connectivity index (χ1v) is 14.0. The molecule has 21 heteroatoms. The number of aldehydes is 1. The largest absolute Gasteiger partial charge is 0.477 e. The van der Waals surface area contributed by atoms with Crippen molar-refractivity contribution in [1.29, 1.82) is 0 Å². The molecule has 0 aliphatic carbocycles. The van der Waals surface area contributed by atoms with Crippen molar-refractivity contribution in [3.8, 4) is 0 Å². The minimum absolute atomic E-state index is 0.0754. The van der Waals surface area contributed by atoms with Gasteiger partial charge in [-0.1, -0.05) is 0 Å². The number of aliphatic hydroxyl groups is 10. The molecule has 2 heterocycles. The van der Waals surface area contributed by atoms with E-state index in [1.807, 2.05) is 0 Å². The summed E-state index contributed by atoms with van der Waals surface area (Å²) in [6.07, 6.45) is -25.6. The van der Waals surface area contributed by atoms with Crippen molar-refractivity contribution in [2.45, 2.75) is 112 Å². The highest BCUT2D eigenvalue weighted by Crippen LogP contribution is 2.37. The SMILES string of the molecule is CC(=O)N[C@H]1[C@H]([C@@H](O)[C@@H](O)CO)O[C@@](O[C@H]2[C@H](O)[C@@H](O[C@H]([C@@H](O)[C@@H](C=O)NC(C)=O)[C@H](O)CO)O[C@@H](CO)[C@@H]2O)(C(=O)O)C[C@@H]1O. The lowest BCUT2D eigenvalue weighted by Crippen LogP contribution is -2.70. The van der Waals surface area contributed by atoms with Gasteiger partial charge in [-0.3, -0.25) is 9.59 Å². The molecule has 0 aromatic heterocycles. The lowest BCUT2D eigenvalue weighted by Gasteiger charge is -2.50. The maximum Gasteiger partial charge on any atom is 0.364 e. The fourth-order valence-corrected chi connectivity index (χ4v) is 5.07. The van der Waals surface area contributed by atoms with Crippen LogP contribution >= 0.6 is 0 Å². The Morgan fingerprint density at radius 3 is 2.07 bits per heavy atom. The van der Waals surface area contributed by atoms with E-state index in [2.05, 4.69) is 10.6 Å². The third kappa shape index (κ3) is 9.11. The smallest absolute Gasteiger partial charge is 0.364 e. The van der Waals surface area contributed by atoms with Crippen LogP contribution in [0.5, 0.6) is 0 Å². The molecule has 0 saturated carbocycles. The van der Waals surface area contributed by atoms with E-state index in [0.29, 0.717) is 0 Å². The van der Waals surface area contributed by atoms with Gasteiger partial charge in [-0.2, -0.15) is 0 Å². The molecule has 2 aliphatic rings. The van der Waals surface area contributed by atoms with Crippen LogP contribution < -0.4 is 10.6 Å². The maximum atomic E-state index is 12.6.